The molecule has 5 nitrogen and oxygen atoms in total. The first-order chi connectivity index (χ1) is 9.44. The molecule has 2 atom stereocenters. The Kier molecular flexibility index (Phi) is 5.22. The van der Waals surface area contributed by atoms with Crippen LogP contribution in [-0.4, -0.2) is 68.5 Å². The zero-order chi connectivity index (χ0) is 14.6. The molecule has 2 rings (SSSR count). The highest BCUT2D eigenvalue weighted by Crippen LogP contribution is 2.22. The van der Waals surface area contributed by atoms with Gasteiger partial charge < -0.3 is 15.4 Å². The van der Waals surface area contributed by atoms with Gasteiger partial charge in [-0.3, -0.25) is 9.69 Å². The number of halogens is 3. The van der Waals surface area contributed by atoms with Gasteiger partial charge in [0.15, 0.2) is 0 Å². The lowest BCUT2D eigenvalue weighted by atomic mass is 10.2. The van der Waals surface area contributed by atoms with E-state index in [0.29, 0.717) is 19.2 Å². The molecule has 2 aliphatic rings. The number of carbonyl (C=O) groups excluding carboxylic acids is 1. The molecule has 2 saturated heterocycles. The monoisotopic (exact) mass is 295 g/mol. The van der Waals surface area contributed by atoms with Crippen molar-refractivity contribution in [2.75, 3.05) is 39.3 Å². The molecule has 0 radical (unpaired) electrons. The van der Waals surface area contributed by atoms with Crippen molar-refractivity contribution < 1.29 is 22.7 Å². The molecule has 2 fully saturated rings. The quantitative estimate of drug-likeness (QED) is 0.756. The smallest absolute Gasteiger partial charge is 0.373 e. The molecule has 1 amide bonds. The number of amides is 1. The number of nitrogens with zero attached hydrogens (tertiary/aromatic N) is 1. The molecule has 2 N–H and O–H groups in total. The molecule has 0 spiro atoms. The Bertz CT molecular complexity index is 338. The Morgan fingerprint density at radius 1 is 1.40 bits per heavy atom. The Morgan fingerprint density at radius 2 is 2.20 bits per heavy atom. The zero-order valence-electron chi connectivity index (χ0n) is 11.2. The first-order valence-electron chi connectivity index (χ1n) is 6.84. The van der Waals surface area contributed by atoms with E-state index < -0.39 is 18.6 Å². The maximum atomic E-state index is 11.9. The predicted octanol–water partition coefficient (Wildman–Crippen LogP) is 0.118. The van der Waals surface area contributed by atoms with Crippen molar-refractivity contribution in [3.8, 4) is 0 Å². The molecule has 2 aliphatic heterocycles. The number of rotatable bonds is 5. The molecule has 0 aromatic carbocycles. The topological polar surface area (TPSA) is 53.6 Å². The van der Waals surface area contributed by atoms with Gasteiger partial charge in [-0.2, -0.15) is 13.2 Å². The van der Waals surface area contributed by atoms with Crippen molar-refractivity contribution >= 4 is 5.91 Å². The molecular formula is C12H20F3N3O2. The Morgan fingerprint density at radius 3 is 2.95 bits per heavy atom. The summed E-state index contributed by atoms with van der Waals surface area (Å²) in [6.45, 7) is 1.36. The molecule has 2 unspecified atom stereocenters. The van der Waals surface area contributed by atoms with Gasteiger partial charge >= 0.3 is 6.18 Å². The maximum Gasteiger partial charge on any atom is 0.401 e. The van der Waals surface area contributed by atoms with Crippen LogP contribution in [0, 0.1) is 0 Å². The van der Waals surface area contributed by atoms with Crippen molar-refractivity contribution in [3.63, 3.8) is 0 Å². The van der Waals surface area contributed by atoms with E-state index in [1.807, 2.05) is 0 Å². The fourth-order valence-electron chi connectivity index (χ4n) is 2.62. The predicted molar refractivity (Wildman–Crippen MR) is 66.3 cm³/mol. The van der Waals surface area contributed by atoms with Gasteiger partial charge in [-0.05, 0) is 19.4 Å². The van der Waals surface area contributed by atoms with Crippen LogP contribution in [-0.2, 0) is 9.53 Å². The number of hydrogen-bond acceptors (Lipinski definition) is 4. The maximum absolute atomic E-state index is 11.9. The summed E-state index contributed by atoms with van der Waals surface area (Å²) in [5.74, 6) is -0.443. The van der Waals surface area contributed by atoms with Gasteiger partial charge in [0.25, 0.3) is 0 Å². The zero-order valence-corrected chi connectivity index (χ0v) is 11.2. The van der Waals surface area contributed by atoms with Crippen LogP contribution in [0.15, 0.2) is 0 Å². The van der Waals surface area contributed by atoms with E-state index in [4.69, 9.17) is 4.74 Å². The summed E-state index contributed by atoms with van der Waals surface area (Å²) >= 11 is 0. The van der Waals surface area contributed by atoms with Crippen LogP contribution >= 0.6 is 0 Å². The van der Waals surface area contributed by atoms with Crippen LogP contribution < -0.4 is 10.6 Å². The van der Waals surface area contributed by atoms with Crippen LogP contribution in [0.3, 0.4) is 0 Å². The molecule has 0 bridgehead atoms. The molecule has 20 heavy (non-hydrogen) atoms. The molecular weight excluding hydrogens is 275 g/mol. The summed E-state index contributed by atoms with van der Waals surface area (Å²) in [5, 5.41) is 4.66. The molecule has 0 saturated carbocycles. The van der Waals surface area contributed by atoms with Gasteiger partial charge in [-0.15, -0.1) is 0 Å². The minimum atomic E-state index is -4.29. The number of morpholine rings is 1. The van der Waals surface area contributed by atoms with Crippen molar-refractivity contribution in [2.45, 2.75) is 31.2 Å². The number of fused-ring (bicyclic) bond motifs is 1. The molecule has 0 aromatic heterocycles. The summed E-state index contributed by atoms with van der Waals surface area (Å²) < 4.78 is 41.3. The molecule has 2 heterocycles. The summed E-state index contributed by atoms with van der Waals surface area (Å²) in [5.41, 5.74) is 0. The van der Waals surface area contributed by atoms with Crippen LogP contribution in [0.1, 0.15) is 12.8 Å². The van der Waals surface area contributed by atoms with E-state index in [1.54, 1.807) is 0 Å². The first-order valence-corrected chi connectivity index (χ1v) is 6.84. The largest absolute Gasteiger partial charge is 0.401 e. The number of carbonyl (C=O) groups is 1. The van der Waals surface area contributed by atoms with Gasteiger partial charge in [-0.25, -0.2) is 0 Å². The molecule has 0 aliphatic carbocycles. The lowest BCUT2D eigenvalue weighted by Gasteiger charge is -2.35. The summed E-state index contributed by atoms with van der Waals surface area (Å²) in [6, 6.07) is 0.496. The molecule has 0 aromatic rings. The molecule has 116 valence electrons. The standard InChI is InChI=1S/C12H20F3N3O2/c13-12(14,15)8-16-5-11(19)17-4-10-6-18-3-1-2-9(18)7-20-10/h9-10,16H,1-8H2,(H,17,19). The fourth-order valence-corrected chi connectivity index (χ4v) is 2.62. The minimum Gasteiger partial charge on any atom is -0.373 e. The van der Waals surface area contributed by atoms with Crippen molar-refractivity contribution in [3.05, 3.63) is 0 Å². The first kappa shape index (κ1) is 15.5. The minimum absolute atomic E-state index is 0.0732. The van der Waals surface area contributed by atoms with Crippen LogP contribution in [0.4, 0.5) is 13.2 Å². The Balaban J connectivity index is 1.59. The number of ether oxygens (including phenoxy) is 1. The van der Waals surface area contributed by atoms with Gasteiger partial charge in [0, 0.05) is 19.1 Å². The van der Waals surface area contributed by atoms with Gasteiger partial charge in [0.1, 0.15) is 0 Å². The third-order valence-corrected chi connectivity index (χ3v) is 3.60. The Hall–Kier alpha value is -0.860. The van der Waals surface area contributed by atoms with Crippen LogP contribution in [0.5, 0.6) is 0 Å². The lowest BCUT2D eigenvalue weighted by molar-refractivity contribution is -0.129. The molecule has 8 heteroatoms. The van der Waals surface area contributed by atoms with Crippen LogP contribution in [0.2, 0.25) is 0 Å². The third kappa shape index (κ3) is 4.92. The average Bonchev–Trinajstić information content (AvgIpc) is 2.82. The van der Waals surface area contributed by atoms with Crippen LogP contribution in [0.25, 0.3) is 0 Å². The highest BCUT2D eigenvalue weighted by molar-refractivity contribution is 5.77. The second-order valence-electron chi connectivity index (χ2n) is 5.27. The van der Waals surface area contributed by atoms with Crippen molar-refractivity contribution in [2.24, 2.45) is 0 Å². The normalized spacial score (nSPS) is 27.4. The second-order valence-corrected chi connectivity index (χ2v) is 5.27. The van der Waals surface area contributed by atoms with E-state index in [9.17, 15) is 18.0 Å². The van der Waals surface area contributed by atoms with Gasteiger partial charge in [-0.1, -0.05) is 0 Å². The SMILES string of the molecule is O=C(CNCC(F)(F)F)NCC1CN2CCCC2CO1. The average molecular weight is 295 g/mol. The van der Waals surface area contributed by atoms with E-state index >= 15 is 0 Å². The summed E-state index contributed by atoms with van der Waals surface area (Å²) in [7, 11) is 0. The lowest BCUT2D eigenvalue weighted by Crippen LogP contribution is -2.50. The van der Waals surface area contributed by atoms with E-state index in [1.165, 1.54) is 6.42 Å². The fraction of sp³-hybridized carbons (Fsp3) is 0.917. The van der Waals surface area contributed by atoms with Crippen molar-refractivity contribution in [1.29, 1.82) is 0 Å². The highest BCUT2D eigenvalue weighted by atomic mass is 19.4. The summed E-state index contributed by atoms with van der Waals surface area (Å²) in [4.78, 5) is 13.7. The van der Waals surface area contributed by atoms with E-state index in [2.05, 4.69) is 15.5 Å². The van der Waals surface area contributed by atoms with E-state index in [0.717, 1.165) is 19.5 Å². The Labute approximate surface area is 115 Å². The highest BCUT2D eigenvalue weighted by Gasteiger charge is 2.32. The number of alkyl halides is 3. The number of nitrogens with one attached hydrogen (secondary N) is 2. The van der Waals surface area contributed by atoms with Gasteiger partial charge in [0.05, 0.1) is 25.8 Å². The number of hydrogen-bond donors (Lipinski definition) is 2. The summed E-state index contributed by atoms with van der Waals surface area (Å²) in [6.07, 6.45) is -2.04. The van der Waals surface area contributed by atoms with Crippen molar-refractivity contribution in [1.82, 2.24) is 15.5 Å². The second kappa shape index (κ2) is 6.73. The van der Waals surface area contributed by atoms with E-state index in [-0.39, 0.29) is 12.6 Å². The van der Waals surface area contributed by atoms with Gasteiger partial charge in [0.2, 0.25) is 5.91 Å². The third-order valence-electron chi connectivity index (χ3n) is 3.60.